The van der Waals surface area contributed by atoms with Crippen molar-refractivity contribution in [3.8, 4) is 5.75 Å². The fourth-order valence-corrected chi connectivity index (χ4v) is 1.85. The molecule has 0 bridgehead atoms. The van der Waals surface area contributed by atoms with E-state index >= 15 is 0 Å². The quantitative estimate of drug-likeness (QED) is 0.468. The molecule has 0 spiro atoms. The van der Waals surface area contributed by atoms with E-state index in [0.717, 1.165) is 12.8 Å². The van der Waals surface area contributed by atoms with Crippen molar-refractivity contribution in [2.24, 2.45) is 0 Å². The van der Waals surface area contributed by atoms with Crippen molar-refractivity contribution >= 4 is 27.5 Å². The number of nitro groups is 1. The van der Waals surface area contributed by atoms with Crippen LogP contribution in [0.4, 0.5) is 5.69 Å². The maximum atomic E-state index is 12.0. The molecule has 110 valence electrons. The molecular weight excluding hydrogens is 328 g/mol. The van der Waals surface area contributed by atoms with Crippen molar-refractivity contribution in [1.82, 2.24) is 5.32 Å². The van der Waals surface area contributed by atoms with Crippen LogP contribution in [0.25, 0.3) is 0 Å². The minimum Gasteiger partial charge on any atom is -0.496 e. The molecule has 1 aromatic rings. The Labute approximate surface area is 125 Å². The van der Waals surface area contributed by atoms with Gasteiger partial charge in [-0.25, -0.2) is 0 Å². The summed E-state index contributed by atoms with van der Waals surface area (Å²) in [6.07, 6.45) is 1.80. The van der Waals surface area contributed by atoms with Crippen molar-refractivity contribution in [3.05, 3.63) is 33.9 Å². The molecule has 1 aromatic carbocycles. The first-order chi connectivity index (χ1) is 9.49. The van der Waals surface area contributed by atoms with Gasteiger partial charge in [0.1, 0.15) is 5.75 Å². The number of non-ortho nitro benzene ring substituents is 1. The standard InChI is InChI=1S/C13H17BrN2O4/c1-3-9(14)6-7-15-13(17)11-5-4-10(16(18)19)8-12(11)20-2/h4-5,8-9H,3,6-7H2,1-2H3,(H,15,17). The van der Waals surface area contributed by atoms with Crippen LogP contribution >= 0.6 is 15.9 Å². The molecule has 0 fully saturated rings. The number of amides is 1. The first-order valence-corrected chi connectivity index (χ1v) is 7.15. The number of ether oxygens (including phenoxy) is 1. The first kappa shape index (κ1) is 16.4. The number of rotatable bonds is 7. The molecule has 1 rings (SSSR count). The molecule has 0 heterocycles. The van der Waals surface area contributed by atoms with Crippen molar-refractivity contribution in [2.75, 3.05) is 13.7 Å². The van der Waals surface area contributed by atoms with E-state index in [0.29, 0.717) is 16.9 Å². The lowest BCUT2D eigenvalue weighted by Gasteiger charge is -2.10. The molecule has 1 unspecified atom stereocenters. The van der Waals surface area contributed by atoms with Gasteiger partial charge in [-0.05, 0) is 18.9 Å². The molecule has 20 heavy (non-hydrogen) atoms. The molecule has 1 amide bonds. The molecule has 0 saturated heterocycles. The summed E-state index contributed by atoms with van der Waals surface area (Å²) in [5.41, 5.74) is 0.186. The minimum atomic E-state index is -0.527. The molecule has 0 radical (unpaired) electrons. The molecule has 6 nitrogen and oxygen atoms in total. The van der Waals surface area contributed by atoms with Gasteiger partial charge in [-0.1, -0.05) is 22.9 Å². The van der Waals surface area contributed by atoms with Gasteiger partial charge in [0.2, 0.25) is 0 Å². The van der Waals surface area contributed by atoms with E-state index in [4.69, 9.17) is 4.74 Å². The van der Waals surface area contributed by atoms with E-state index in [1.165, 1.54) is 25.3 Å². The zero-order valence-corrected chi connectivity index (χ0v) is 13.0. The number of methoxy groups -OCH3 is 1. The van der Waals surface area contributed by atoms with E-state index in [9.17, 15) is 14.9 Å². The summed E-state index contributed by atoms with van der Waals surface area (Å²) in [6.45, 7) is 2.59. The Morgan fingerprint density at radius 1 is 1.55 bits per heavy atom. The van der Waals surface area contributed by atoms with Gasteiger partial charge >= 0.3 is 0 Å². The zero-order valence-electron chi connectivity index (χ0n) is 11.4. The van der Waals surface area contributed by atoms with E-state index in [1.807, 2.05) is 0 Å². The van der Waals surface area contributed by atoms with E-state index in [1.54, 1.807) is 0 Å². The predicted octanol–water partition coefficient (Wildman–Crippen LogP) is 2.90. The summed E-state index contributed by atoms with van der Waals surface area (Å²) in [6, 6.07) is 3.93. The summed E-state index contributed by atoms with van der Waals surface area (Å²) < 4.78 is 5.03. The lowest BCUT2D eigenvalue weighted by molar-refractivity contribution is -0.384. The number of nitro benzene ring substituents is 1. The Morgan fingerprint density at radius 3 is 2.80 bits per heavy atom. The molecule has 0 aliphatic carbocycles. The lowest BCUT2D eigenvalue weighted by atomic mass is 10.1. The maximum absolute atomic E-state index is 12.0. The second kappa shape index (κ2) is 7.84. The predicted molar refractivity (Wildman–Crippen MR) is 79.6 cm³/mol. The van der Waals surface area contributed by atoms with E-state index in [-0.39, 0.29) is 17.3 Å². The van der Waals surface area contributed by atoms with Gasteiger partial charge in [-0.3, -0.25) is 14.9 Å². The van der Waals surface area contributed by atoms with Crippen LogP contribution in [0.3, 0.4) is 0 Å². The van der Waals surface area contributed by atoms with Crippen LogP contribution in [0.2, 0.25) is 0 Å². The first-order valence-electron chi connectivity index (χ1n) is 6.24. The van der Waals surface area contributed by atoms with Gasteiger partial charge in [-0.2, -0.15) is 0 Å². The van der Waals surface area contributed by atoms with Crippen LogP contribution in [0, 0.1) is 10.1 Å². The van der Waals surface area contributed by atoms with Gasteiger partial charge in [-0.15, -0.1) is 0 Å². The third kappa shape index (κ3) is 4.48. The monoisotopic (exact) mass is 344 g/mol. The van der Waals surface area contributed by atoms with Crippen molar-refractivity contribution < 1.29 is 14.5 Å². The number of carbonyl (C=O) groups excluding carboxylic acids is 1. The van der Waals surface area contributed by atoms with Crippen molar-refractivity contribution in [3.63, 3.8) is 0 Å². The summed E-state index contributed by atoms with van der Waals surface area (Å²) in [5, 5.41) is 13.4. The molecule has 7 heteroatoms. The van der Waals surface area contributed by atoms with Crippen molar-refractivity contribution in [2.45, 2.75) is 24.6 Å². The largest absolute Gasteiger partial charge is 0.496 e. The number of benzene rings is 1. The Balaban J connectivity index is 2.75. The number of hydrogen-bond acceptors (Lipinski definition) is 4. The minimum absolute atomic E-state index is 0.107. The fourth-order valence-electron chi connectivity index (χ4n) is 1.62. The summed E-state index contributed by atoms with van der Waals surface area (Å²) in [5.74, 6) is -0.102. The molecule has 1 atom stereocenters. The average Bonchev–Trinajstić information content (AvgIpc) is 2.45. The van der Waals surface area contributed by atoms with E-state index in [2.05, 4.69) is 28.2 Å². The SMILES string of the molecule is CCC(Br)CCNC(=O)c1ccc([N+](=O)[O-])cc1OC. The molecular formula is C13H17BrN2O4. The molecule has 1 N–H and O–H groups in total. The number of carbonyl (C=O) groups is 1. The van der Waals surface area contributed by atoms with Crippen LogP contribution in [0.1, 0.15) is 30.1 Å². The number of halogens is 1. The number of alkyl halides is 1. The third-order valence-corrected chi connectivity index (χ3v) is 3.93. The van der Waals surface area contributed by atoms with Gasteiger partial charge < -0.3 is 10.1 Å². The fraction of sp³-hybridized carbons (Fsp3) is 0.462. The summed E-state index contributed by atoms with van der Waals surface area (Å²) in [7, 11) is 1.38. The highest BCUT2D eigenvalue weighted by molar-refractivity contribution is 9.09. The van der Waals surface area contributed by atoms with Crippen LogP contribution in [-0.4, -0.2) is 29.3 Å². The molecule has 0 aromatic heterocycles. The highest BCUT2D eigenvalue weighted by atomic mass is 79.9. The smallest absolute Gasteiger partial charge is 0.273 e. The molecule has 0 saturated carbocycles. The summed E-state index contributed by atoms with van der Waals surface area (Å²) >= 11 is 3.49. The maximum Gasteiger partial charge on any atom is 0.273 e. The average molecular weight is 345 g/mol. The Kier molecular flexibility index (Phi) is 6.44. The molecule has 0 aliphatic rings. The molecule has 0 aliphatic heterocycles. The van der Waals surface area contributed by atoms with Crippen LogP contribution < -0.4 is 10.1 Å². The zero-order chi connectivity index (χ0) is 15.1. The lowest BCUT2D eigenvalue weighted by Crippen LogP contribution is -2.26. The van der Waals surface area contributed by atoms with E-state index < -0.39 is 4.92 Å². The van der Waals surface area contributed by atoms with Gasteiger partial charge in [0.25, 0.3) is 11.6 Å². The topological polar surface area (TPSA) is 81.5 Å². The number of nitrogens with zero attached hydrogens (tertiary/aromatic N) is 1. The third-order valence-electron chi connectivity index (χ3n) is 2.83. The number of nitrogens with one attached hydrogen (secondary N) is 1. The normalized spacial score (nSPS) is 11.8. The number of hydrogen-bond donors (Lipinski definition) is 1. The summed E-state index contributed by atoms with van der Waals surface area (Å²) in [4.78, 5) is 22.5. The second-order valence-electron chi connectivity index (χ2n) is 4.19. The second-order valence-corrected chi connectivity index (χ2v) is 5.49. The van der Waals surface area contributed by atoms with Gasteiger partial charge in [0.05, 0.1) is 23.7 Å². The van der Waals surface area contributed by atoms with Gasteiger partial charge in [0.15, 0.2) is 0 Å². The Morgan fingerprint density at radius 2 is 2.25 bits per heavy atom. The van der Waals surface area contributed by atoms with Crippen LogP contribution in [0.15, 0.2) is 18.2 Å². The Bertz CT molecular complexity index is 493. The highest BCUT2D eigenvalue weighted by Gasteiger charge is 2.16. The van der Waals surface area contributed by atoms with Crippen LogP contribution in [-0.2, 0) is 0 Å². The van der Waals surface area contributed by atoms with Crippen molar-refractivity contribution in [1.29, 1.82) is 0 Å². The van der Waals surface area contributed by atoms with Gasteiger partial charge in [0, 0.05) is 17.4 Å². The van der Waals surface area contributed by atoms with Crippen LogP contribution in [0.5, 0.6) is 5.75 Å². The Hall–Kier alpha value is -1.63. The highest BCUT2D eigenvalue weighted by Crippen LogP contribution is 2.24.